The number of rotatable bonds is 14. The van der Waals surface area contributed by atoms with Crippen molar-refractivity contribution in [2.75, 3.05) is 32.9 Å². The van der Waals surface area contributed by atoms with E-state index in [4.69, 9.17) is 14.2 Å². The van der Waals surface area contributed by atoms with E-state index in [1.807, 2.05) is 9.80 Å². The van der Waals surface area contributed by atoms with Gasteiger partial charge in [0.15, 0.2) is 0 Å². The Bertz CT molecular complexity index is 573. The molecule has 0 bridgehead atoms. The van der Waals surface area contributed by atoms with Crippen LogP contribution in [0.25, 0.3) is 0 Å². The van der Waals surface area contributed by atoms with E-state index in [0.29, 0.717) is 45.4 Å². The molecule has 1 aliphatic heterocycles. The molecular formula is C21H31N3O3. The first-order valence-corrected chi connectivity index (χ1v) is 8.81. The van der Waals surface area contributed by atoms with Crippen LogP contribution in [0.1, 0.15) is 6.42 Å². The van der Waals surface area contributed by atoms with Crippen LogP contribution >= 0.6 is 0 Å². The Kier molecular flexibility index (Phi) is 10.1. The fourth-order valence-electron chi connectivity index (χ4n) is 2.79. The zero-order valence-corrected chi connectivity index (χ0v) is 16.1. The average Bonchev–Trinajstić information content (AvgIpc) is 2.67. The molecule has 0 amide bonds. The minimum Gasteiger partial charge on any atom is -0.461 e. The standard InChI is InChI=1S/C21H31N3O3/c1-7-13-21(27-18-12-6)23(14-8-2)19(25-16-10-4)22-20(26-17-11-5)24(21)15-9-3/h7-12,19H,1-6,13-18H2. The van der Waals surface area contributed by atoms with Crippen molar-refractivity contribution in [1.29, 1.82) is 0 Å². The van der Waals surface area contributed by atoms with Gasteiger partial charge in [0, 0.05) is 19.5 Å². The number of nitrogens with zero attached hydrogens (tertiary/aromatic N) is 3. The van der Waals surface area contributed by atoms with E-state index in [1.165, 1.54) is 0 Å². The topological polar surface area (TPSA) is 46.5 Å². The molecule has 0 aromatic rings. The van der Waals surface area contributed by atoms with Gasteiger partial charge >= 0.3 is 0 Å². The monoisotopic (exact) mass is 373 g/mol. The van der Waals surface area contributed by atoms with Gasteiger partial charge in [0.05, 0.1) is 13.2 Å². The molecule has 1 heterocycles. The summed E-state index contributed by atoms with van der Waals surface area (Å²) in [6.07, 6.45) is 10.2. The van der Waals surface area contributed by atoms with E-state index in [0.717, 1.165) is 0 Å². The molecule has 0 fully saturated rings. The molecule has 27 heavy (non-hydrogen) atoms. The van der Waals surface area contributed by atoms with Crippen molar-refractivity contribution in [2.24, 2.45) is 4.99 Å². The van der Waals surface area contributed by atoms with E-state index in [1.54, 1.807) is 36.5 Å². The molecule has 0 saturated heterocycles. The van der Waals surface area contributed by atoms with Crippen molar-refractivity contribution in [3.05, 3.63) is 75.9 Å². The van der Waals surface area contributed by atoms with Crippen LogP contribution < -0.4 is 0 Å². The highest BCUT2D eigenvalue weighted by atomic mass is 16.6. The van der Waals surface area contributed by atoms with E-state index in [2.05, 4.69) is 44.5 Å². The van der Waals surface area contributed by atoms with Crippen LogP contribution in [0.2, 0.25) is 0 Å². The van der Waals surface area contributed by atoms with Gasteiger partial charge in [-0.1, -0.05) is 43.0 Å². The first-order valence-electron chi connectivity index (χ1n) is 8.81. The van der Waals surface area contributed by atoms with Gasteiger partial charge in [-0.05, 0) is 0 Å². The average molecular weight is 373 g/mol. The Morgan fingerprint density at radius 2 is 1.52 bits per heavy atom. The van der Waals surface area contributed by atoms with Gasteiger partial charge in [-0.2, -0.15) is 4.99 Å². The zero-order valence-electron chi connectivity index (χ0n) is 16.1. The molecule has 1 aliphatic rings. The third-order valence-corrected chi connectivity index (χ3v) is 3.76. The number of hydrogen-bond acceptors (Lipinski definition) is 6. The fourth-order valence-corrected chi connectivity index (χ4v) is 2.79. The maximum atomic E-state index is 6.29. The van der Waals surface area contributed by atoms with Crippen molar-refractivity contribution in [2.45, 2.75) is 18.6 Å². The number of ether oxygens (including phenoxy) is 3. The number of amidine groups is 1. The smallest absolute Gasteiger partial charge is 0.295 e. The second-order valence-electron chi connectivity index (χ2n) is 5.64. The van der Waals surface area contributed by atoms with Crippen LogP contribution in [0.4, 0.5) is 0 Å². The lowest BCUT2D eigenvalue weighted by molar-refractivity contribution is -0.272. The summed E-state index contributed by atoms with van der Waals surface area (Å²) >= 11 is 0. The van der Waals surface area contributed by atoms with Crippen molar-refractivity contribution >= 4 is 6.02 Å². The molecule has 0 N–H and O–H groups in total. The first-order chi connectivity index (χ1) is 13.1. The lowest BCUT2D eigenvalue weighted by atomic mass is 10.1. The maximum Gasteiger partial charge on any atom is 0.295 e. The first kappa shape index (κ1) is 22.6. The van der Waals surface area contributed by atoms with Crippen LogP contribution in [0.15, 0.2) is 80.9 Å². The summed E-state index contributed by atoms with van der Waals surface area (Å²) in [4.78, 5) is 8.49. The molecule has 6 heteroatoms. The van der Waals surface area contributed by atoms with Crippen LogP contribution in [0.3, 0.4) is 0 Å². The summed E-state index contributed by atoms with van der Waals surface area (Å²) in [5.41, 5.74) is 0. The summed E-state index contributed by atoms with van der Waals surface area (Å²) in [7, 11) is 0. The summed E-state index contributed by atoms with van der Waals surface area (Å²) in [5.74, 6) is -0.956. The third-order valence-electron chi connectivity index (χ3n) is 3.76. The minimum absolute atomic E-state index is 0.299. The Balaban J connectivity index is 3.53. The third kappa shape index (κ3) is 5.53. The molecule has 0 aromatic heterocycles. The highest BCUT2D eigenvalue weighted by Gasteiger charge is 2.51. The van der Waals surface area contributed by atoms with Gasteiger partial charge in [-0.3, -0.25) is 4.90 Å². The normalized spacial score (nSPS) is 22.4. The minimum atomic E-state index is -0.956. The van der Waals surface area contributed by atoms with Gasteiger partial charge < -0.3 is 14.2 Å². The van der Waals surface area contributed by atoms with Crippen molar-refractivity contribution in [3.8, 4) is 0 Å². The quantitative estimate of drug-likeness (QED) is 0.437. The summed E-state index contributed by atoms with van der Waals surface area (Å²) in [5, 5.41) is 0. The predicted molar refractivity (Wildman–Crippen MR) is 111 cm³/mol. The second-order valence-corrected chi connectivity index (χ2v) is 5.64. The number of aliphatic imine (C=N–C) groups is 1. The molecule has 6 nitrogen and oxygen atoms in total. The van der Waals surface area contributed by atoms with Gasteiger partial charge in [-0.25, -0.2) is 4.90 Å². The molecule has 0 spiro atoms. The Hall–Kier alpha value is -2.41. The molecule has 2 unspecified atom stereocenters. The van der Waals surface area contributed by atoms with Crippen molar-refractivity contribution in [1.82, 2.24) is 9.80 Å². The van der Waals surface area contributed by atoms with E-state index in [-0.39, 0.29) is 0 Å². The lowest BCUT2D eigenvalue weighted by Gasteiger charge is -2.53. The highest BCUT2D eigenvalue weighted by Crippen LogP contribution is 2.34. The molecular weight excluding hydrogens is 342 g/mol. The van der Waals surface area contributed by atoms with Crippen LogP contribution in [-0.4, -0.2) is 60.9 Å². The molecule has 2 atom stereocenters. The maximum absolute atomic E-state index is 6.29. The largest absolute Gasteiger partial charge is 0.461 e. The number of hydrogen-bond donors (Lipinski definition) is 0. The summed E-state index contributed by atoms with van der Waals surface area (Å²) in [6.45, 7) is 24.7. The van der Waals surface area contributed by atoms with Crippen molar-refractivity contribution in [3.63, 3.8) is 0 Å². The van der Waals surface area contributed by atoms with Crippen molar-refractivity contribution < 1.29 is 14.2 Å². The fraction of sp³-hybridized carbons (Fsp3) is 0.381. The van der Waals surface area contributed by atoms with Gasteiger partial charge in [-0.15, -0.1) is 32.9 Å². The van der Waals surface area contributed by atoms with Gasteiger partial charge in [0.25, 0.3) is 6.02 Å². The van der Waals surface area contributed by atoms with Crippen LogP contribution in [0.5, 0.6) is 0 Å². The summed E-state index contributed by atoms with van der Waals surface area (Å²) < 4.78 is 18.0. The highest BCUT2D eigenvalue weighted by molar-refractivity contribution is 5.75. The molecule has 1 rings (SSSR count). The van der Waals surface area contributed by atoms with E-state index in [9.17, 15) is 0 Å². The lowest BCUT2D eigenvalue weighted by Crippen LogP contribution is -2.70. The predicted octanol–water partition coefficient (Wildman–Crippen LogP) is 3.45. The Labute approximate surface area is 163 Å². The molecule has 0 aliphatic carbocycles. The molecule has 0 aromatic carbocycles. The Morgan fingerprint density at radius 3 is 2.07 bits per heavy atom. The zero-order chi connectivity index (χ0) is 20.1. The SMILES string of the molecule is C=CCOC1=NC(OCC=C)N(CC=C)C(CC=C)(OCC=C)N1CC=C. The van der Waals surface area contributed by atoms with Gasteiger partial charge in [0.2, 0.25) is 12.2 Å². The van der Waals surface area contributed by atoms with E-state index < -0.39 is 12.2 Å². The molecule has 0 saturated carbocycles. The van der Waals surface area contributed by atoms with E-state index >= 15 is 0 Å². The van der Waals surface area contributed by atoms with Gasteiger partial charge in [0.1, 0.15) is 6.61 Å². The Morgan fingerprint density at radius 1 is 0.852 bits per heavy atom. The molecule has 0 radical (unpaired) electrons. The molecule has 148 valence electrons. The second kappa shape index (κ2) is 12.1. The summed E-state index contributed by atoms with van der Waals surface area (Å²) in [6, 6.07) is 0.384. The van der Waals surface area contributed by atoms with Crippen LogP contribution in [0, 0.1) is 0 Å². The van der Waals surface area contributed by atoms with Crippen LogP contribution in [-0.2, 0) is 14.2 Å².